The Morgan fingerprint density at radius 2 is 1.41 bits per heavy atom. The molecule has 0 aliphatic heterocycles. The highest BCUT2D eigenvalue weighted by atomic mass is 16.4. The molecule has 7 nitrogen and oxygen atoms in total. The third kappa shape index (κ3) is 11.5. The number of hydrogen-bond acceptors (Lipinski definition) is 5. The largest absolute Gasteiger partial charge is 0.480 e. The molecule has 0 bridgehead atoms. The van der Waals surface area contributed by atoms with E-state index in [0.29, 0.717) is 25.6 Å². The van der Waals surface area contributed by atoms with Crippen LogP contribution in [0.4, 0.5) is 0 Å². The molecule has 0 aliphatic rings. The van der Waals surface area contributed by atoms with Crippen molar-refractivity contribution < 1.29 is 19.8 Å². The van der Waals surface area contributed by atoms with Gasteiger partial charge in [0.2, 0.25) is 0 Å². The van der Waals surface area contributed by atoms with Gasteiger partial charge in [-0.2, -0.15) is 0 Å². The maximum Gasteiger partial charge on any atom is 0.317 e. The monoisotopic (exact) mass is 317 g/mol. The molecular formula is C15H31N3O4. The summed E-state index contributed by atoms with van der Waals surface area (Å²) in [4.78, 5) is 27.4. The molecule has 0 spiro atoms. The van der Waals surface area contributed by atoms with Crippen LogP contribution in [-0.4, -0.2) is 96.3 Å². The predicted octanol–water partition coefficient (Wildman–Crippen LogP) is 0.367. The van der Waals surface area contributed by atoms with E-state index < -0.39 is 11.9 Å². The zero-order chi connectivity index (χ0) is 17.1. The van der Waals surface area contributed by atoms with E-state index in [1.54, 1.807) is 11.9 Å². The van der Waals surface area contributed by atoms with E-state index in [1.165, 1.54) is 0 Å². The number of rotatable bonds is 13. The van der Waals surface area contributed by atoms with Crippen LogP contribution in [0, 0.1) is 5.92 Å². The van der Waals surface area contributed by atoms with Gasteiger partial charge in [0, 0.05) is 32.7 Å². The number of carboxylic acid groups (broad SMARTS) is 2. The van der Waals surface area contributed by atoms with E-state index in [-0.39, 0.29) is 13.1 Å². The van der Waals surface area contributed by atoms with Crippen molar-refractivity contribution in [3.63, 3.8) is 0 Å². The van der Waals surface area contributed by atoms with Crippen molar-refractivity contribution in [2.24, 2.45) is 5.92 Å². The summed E-state index contributed by atoms with van der Waals surface area (Å²) in [6.45, 7) is 10.9. The molecule has 0 aromatic heterocycles. The quantitative estimate of drug-likeness (QED) is 0.507. The van der Waals surface area contributed by atoms with Crippen LogP contribution >= 0.6 is 0 Å². The molecule has 0 rings (SSSR count). The molecule has 0 amide bonds. The van der Waals surface area contributed by atoms with Crippen molar-refractivity contribution in [2.45, 2.75) is 20.8 Å². The molecule has 0 unspecified atom stereocenters. The van der Waals surface area contributed by atoms with Gasteiger partial charge in [-0.1, -0.05) is 20.8 Å². The summed E-state index contributed by atoms with van der Waals surface area (Å²) in [5.74, 6) is -1.12. The molecule has 0 aromatic rings. The SMILES string of the molecule is CCN(CCN(CCN(C)CC(=O)O)CC(C)C)CC(=O)O. The first-order valence-corrected chi connectivity index (χ1v) is 7.81. The first kappa shape index (κ1) is 20.8. The summed E-state index contributed by atoms with van der Waals surface area (Å²) < 4.78 is 0. The third-order valence-electron chi connectivity index (χ3n) is 3.37. The summed E-state index contributed by atoms with van der Waals surface area (Å²) in [7, 11) is 1.80. The van der Waals surface area contributed by atoms with E-state index in [2.05, 4.69) is 18.7 Å². The van der Waals surface area contributed by atoms with Crippen LogP contribution in [0.3, 0.4) is 0 Å². The van der Waals surface area contributed by atoms with Crippen molar-refractivity contribution in [1.82, 2.24) is 14.7 Å². The number of carbonyl (C=O) groups is 2. The van der Waals surface area contributed by atoms with Gasteiger partial charge in [-0.05, 0) is 19.5 Å². The minimum absolute atomic E-state index is 0.0373. The Morgan fingerprint density at radius 1 is 0.909 bits per heavy atom. The topological polar surface area (TPSA) is 84.3 Å². The average Bonchev–Trinajstić information content (AvgIpc) is 2.38. The number of aliphatic carboxylic acids is 2. The highest BCUT2D eigenvalue weighted by molar-refractivity contribution is 5.69. The van der Waals surface area contributed by atoms with Crippen LogP contribution in [0.25, 0.3) is 0 Å². The summed E-state index contributed by atoms with van der Waals surface area (Å²) in [6.07, 6.45) is 0. The average molecular weight is 317 g/mol. The van der Waals surface area contributed by atoms with Crippen LogP contribution < -0.4 is 0 Å². The third-order valence-corrected chi connectivity index (χ3v) is 3.37. The zero-order valence-corrected chi connectivity index (χ0v) is 14.3. The lowest BCUT2D eigenvalue weighted by Crippen LogP contribution is -2.42. The van der Waals surface area contributed by atoms with Crippen molar-refractivity contribution in [3.05, 3.63) is 0 Å². The molecule has 0 aliphatic carbocycles. The van der Waals surface area contributed by atoms with E-state index >= 15 is 0 Å². The molecule has 0 fully saturated rings. The molecule has 0 aromatic carbocycles. The van der Waals surface area contributed by atoms with E-state index in [9.17, 15) is 9.59 Å². The van der Waals surface area contributed by atoms with Crippen LogP contribution in [-0.2, 0) is 9.59 Å². The minimum Gasteiger partial charge on any atom is -0.480 e. The van der Waals surface area contributed by atoms with Gasteiger partial charge in [0.15, 0.2) is 0 Å². The summed E-state index contributed by atoms with van der Waals surface area (Å²) in [6, 6.07) is 0. The molecular weight excluding hydrogens is 286 g/mol. The van der Waals surface area contributed by atoms with E-state index in [1.807, 2.05) is 11.8 Å². The van der Waals surface area contributed by atoms with Gasteiger partial charge in [-0.3, -0.25) is 19.4 Å². The van der Waals surface area contributed by atoms with E-state index in [4.69, 9.17) is 10.2 Å². The number of hydrogen-bond donors (Lipinski definition) is 2. The summed E-state index contributed by atoms with van der Waals surface area (Å²) in [5.41, 5.74) is 0. The molecule has 130 valence electrons. The molecule has 7 heteroatoms. The van der Waals surface area contributed by atoms with Crippen LogP contribution in [0.5, 0.6) is 0 Å². The number of likely N-dealkylation sites (N-methyl/N-ethyl adjacent to an activating group) is 2. The van der Waals surface area contributed by atoms with Crippen LogP contribution in [0.15, 0.2) is 0 Å². The Morgan fingerprint density at radius 3 is 1.86 bits per heavy atom. The minimum atomic E-state index is -0.823. The molecule has 2 N–H and O–H groups in total. The fraction of sp³-hybridized carbons (Fsp3) is 0.867. The Bertz CT molecular complexity index is 337. The normalized spacial score (nSPS) is 11.8. The standard InChI is InChI=1S/C15H31N3O4/c1-5-17(12-15(21)22)8-9-18(10-13(2)3)7-6-16(4)11-14(19)20/h13H,5-12H2,1-4H3,(H,19,20)(H,21,22). The highest BCUT2D eigenvalue weighted by Gasteiger charge is 2.13. The Labute approximate surface area is 133 Å². The number of carboxylic acids is 2. The molecule has 0 heterocycles. The Balaban J connectivity index is 4.32. The Hall–Kier alpha value is -1.18. The fourth-order valence-electron chi connectivity index (χ4n) is 2.26. The maximum atomic E-state index is 10.8. The zero-order valence-electron chi connectivity index (χ0n) is 14.3. The highest BCUT2D eigenvalue weighted by Crippen LogP contribution is 2.00. The fourth-order valence-corrected chi connectivity index (χ4v) is 2.26. The second-order valence-electron chi connectivity index (χ2n) is 6.09. The van der Waals surface area contributed by atoms with Gasteiger partial charge in [0.05, 0.1) is 13.1 Å². The number of nitrogens with zero attached hydrogens (tertiary/aromatic N) is 3. The van der Waals surface area contributed by atoms with Crippen LogP contribution in [0.2, 0.25) is 0 Å². The second kappa shape index (κ2) is 11.4. The first-order chi connectivity index (χ1) is 10.2. The van der Waals surface area contributed by atoms with Crippen LogP contribution in [0.1, 0.15) is 20.8 Å². The van der Waals surface area contributed by atoms with Crippen molar-refractivity contribution in [3.8, 4) is 0 Å². The van der Waals surface area contributed by atoms with Gasteiger partial charge >= 0.3 is 11.9 Å². The van der Waals surface area contributed by atoms with Crippen molar-refractivity contribution in [1.29, 1.82) is 0 Å². The smallest absolute Gasteiger partial charge is 0.317 e. The first-order valence-electron chi connectivity index (χ1n) is 7.81. The second-order valence-corrected chi connectivity index (χ2v) is 6.09. The Kier molecular flexibility index (Phi) is 10.8. The molecule has 0 saturated heterocycles. The van der Waals surface area contributed by atoms with Gasteiger partial charge in [0.25, 0.3) is 0 Å². The lowest BCUT2D eigenvalue weighted by Gasteiger charge is -2.29. The molecule has 0 radical (unpaired) electrons. The van der Waals surface area contributed by atoms with Gasteiger partial charge in [0.1, 0.15) is 0 Å². The van der Waals surface area contributed by atoms with Gasteiger partial charge in [-0.15, -0.1) is 0 Å². The van der Waals surface area contributed by atoms with Gasteiger partial charge in [-0.25, -0.2) is 0 Å². The molecule has 0 atom stereocenters. The summed E-state index contributed by atoms with van der Waals surface area (Å²) in [5, 5.41) is 17.6. The van der Waals surface area contributed by atoms with Gasteiger partial charge < -0.3 is 15.1 Å². The van der Waals surface area contributed by atoms with E-state index in [0.717, 1.165) is 19.6 Å². The lowest BCUT2D eigenvalue weighted by atomic mass is 10.2. The summed E-state index contributed by atoms with van der Waals surface area (Å²) >= 11 is 0. The maximum absolute atomic E-state index is 10.8. The predicted molar refractivity (Wildman–Crippen MR) is 86.2 cm³/mol. The van der Waals surface area contributed by atoms with Crippen molar-refractivity contribution >= 4 is 11.9 Å². The molecule has 22 heavy (non-hydrogen) atoms. The van der Waals surface area contributed by atoms with Crippen molar-refractivity contribution in [2.75, 3.05) is 59.4 Å². The molecule has 0 saturated carbocycles. The lowest BCUT2D eigenvalue weighted by molar-refractivity contribution is -0.139.